The molecule has 0 unspecified atom stereocenters. The molecule has 1 aromatic carbocycles. The summed E-state index contributed by atoms with van der Waals surface area (Å²) in [6.45, 7) is 4.62. The molecule has 1 amide bonds. The molecule has 1 aliphatic heterocycles. The Morgan fingerprint density at radius 2 is 2.19 bits per heavy atom. The highest BCUT2D eigenvalue weighted by Crippen LogP contribution is 2.32. The molecule has 0 aliphatic carbocycles. The minimum Gasteiger partial charge on any atom is -0.451 e. The number of carbonyl (C=O) groups is 1. The first kappa shape index (κ1) is 14.4. The number of amides is 1. The predicted octanol–water partition coefficient (Wildman–Crippen LogP) is 3.38. The fourth-order valence-electron chi connectivity index (χ4n) is 2.97. The van der Waals surface area contributed by atoms with Gasteiger partial charge in [0.25, 0.3) is 5.91 Å². The zero-order chi connectivity index (χ0) is 15.2. The van der Waals surface area contributed by atoms with Gasteiger partial charge in [0.2, 0.25) is 0 Å². The smallest absolute Gasteiger partial charge is 0.290 e. The third kappa shape index (κ3) is 2.43. The van der Waals surface area contributed by atoms with Gasteiger partial charge in [-0.25, -0.2) is 0 Å². The monoisotopic (exact) mass is 307 g/mol. The summed E-state index contributed by atoms with van der Waals surface area (Å²) in [5.74, 6) is 0.173. The quantitative estimate of drug-likeness (QED) is 0.945. The molecule has 1 saturated heterocycles. The standard InChI is InChI=1S/C16H18ClNO3/c1-3-6-16(20)8-18(9-16)15(19)14-10(2)12-7-11(17)4-5-13(12)21-14/h4-5,7,20H,3,6,8-9H2,1-2H3. The highest BCUT2D eigenvalue weighted by atomic mass is 35.5. The van der Waals surface area contributed by atoms with Crippen LogP contribution in [0.25, 0.3) is 11.0 Å². The molecule has 2 heterocycles. The molecule has 1 fully saturated rings. The van der Waals surface area contributed by atoms with Crippen LogP contribution >= 0.6 is 11.6 Å². The first-order valence-corrected chi connectivity index (χ1v) is 7.51. The summed E-state index contributed by atoms with van der Waals surface area (Å²) in [4.78, 5) is 14.1. The number of likely N-dealkylation sites (tertiary alicyclic amines) is 1. The number of benzene rings is 1. The number of nitrogens with zero attached hydrogens (tertiary/aromatic N) is 1. The van der Waals surface area contributed by atoms with E-state index in [0.717, 1.165) is 17.4 Å². The van der Waals surface area contributed by atoms with Crippen molar-refractivity contribution in [3.05, 3.63) is 34.5 Å². The van der Waals surface area contributed by atoms with Gasteiger partial charge in [-0.3, -0.25) is 4.79 Å². The number of furan rings is 1. The van der Waals surface area contributed by atoms with E-state index in [4.69, 9.17) is 16.0 Å². The molecule has 4 nitrogen and oxygen atoms in total. The zero-order valence-corrected chi connectivity index (χ0v) is 12.9. The molecular formula is C16H18ClNO3. The minimum absolute atomic E-state index is 0.166. The van der Waals surface area contributed by atoms with Crippen LogP contribution in [-0.4, -0.2) is 34.6 Å². The van der Waals surface area contributed by atoms with Crippen LogP contribution in [0, 0.1) is 6.92 Å². The molecule has 0 atom stereocenters. The van der Waals surface area contributed by atoms with Gasteiger partial charge in [0, 0.05) is 16.0 Å². The highest BCUT2D eigenvalue weighted by molar-refractivity contribution is 6.31. The van der Waals surface area contributed by atoms with E-state index in [1.54, 1.807) is 23.1 Å². The van der Waals surface area contributed by atoms with E-state index in [9.17, 15) is 9.90 Å². The average Bonchev–Trinajstić information content (AvgIpc) is 2.73. The Kier molecular flexibility index (Phi) is 3.46. The number of hydrogen-bond donors (Lipinski definition) is 1. The average molecular weight is 308 g/mol. The van der Waals surface area contributed by atoms with Gasteiger partial charge >= 0.3 is 0 Å². The summed E-state index contributed by atoms with van der Waals surface area (Å²) < 4.78 is 5.67. The first-order valence-electron chi connectivity index (χ1n) is 7.14. The molecule has 1 N–H and O–H groups in total. The molecule has 1 aromatic heterocycles. The van der Waals surface area contributed by atoms with Crippen molar-refractivity contribution in [1.82, 2.24) is 4.90 Å². The van der Waals surface area contributed by atoms with Gasteiger partial charge < -0.3 is 14.4 Å². The van der Waals surface area contributed by atoms with Gasteiger partial charge in [-0.05, 0) is 31.5 Å². The fraction of sp³-hybridized carbons (Fsp3) is 0.438. The van der Waals surface area contributed by atoms with Crippen LogP contribution < -0.4 is 0 Å². The van der Waals surface area contributed by atoms with Crippen LogP contribution in [0.1, 0.15) is 35.9 Å². The molecule has 1 aliphatic rings. The molecule has 21 heavy (non-hydrogen) atoms. The van der Waals surface area contributed by atoms with Crippen molar-refractivity contribution < 1.29 is 14.3 Å². The number of hydrogen-bond acceptors (Lipinski definition) is 3. The maximum atomic E-state index is 12.5. The van der Waals surface area contributed by atoms with Crippen molar-refractivity contribution in [1.29, 1.82) is 0 Å². The molecular weight excluding hydrogens is 290 g/mol. The van der Waals surface area contributed by atoms with Crippen molar-refractivity contribution in [2.24, 2.45) is 0 Å². The van der Waals surface area contributed by atoms with Gasteiger partial charge in [0.15, 0.2) is 5.76 Å². The SMILES string of the molecule is CCCC1(O)CN(C(=O)c2oc3ccc(Cl)cc3c2C)C1. The molecule has 2 aromatic rings. The Morgan fingerprint density at radius 1 is 1.48 bits per heavy atom. The number of β-amino-alcohol motifs (C(OH)–C–C–N with tert-alkyl or cyclic N) is 1. The normalized spacial score (nSPS) is 17.0. The van der Waals surface area contributed by atoms with Crippen molar-refractivity contribution in [2.45, 2.75) is 32.3 Å². The zero-order valence-electron chi connectivity index (χ0n) is 12.1. The number of aliphatic hydroxyl groups is 1. The Hall–Kier alpha value is -1.52. The van der Waals surface area contributed by atoms with E-state index in [2.05, 4.69) is 0 Å². The third-order valence-electron chi connectivity index (χ3n) is 4.07. The van der Waals surface area contributed by atoms with Gasteiger partial charge in [-0.2, -0.15) is 0 Å². The summed E-state index contributed by atoms with van der Waals surface area (Å²) >= 11 is 5.98. The molecule has 0 saturated carbocycles. The van der Waals surface area contributed by atoms with E-state index in [1.165, 1.54) is 0 Å². The van der Waals surface area contributed by atoms with Crippen LogP contribution in [0.3, 0.4) is 0 Å². The van der Waals surface area contributed by atoms with E-state index >= 15 is 0 Å². The van der Waals surface area contributed by atoms with Gasteiger partial charge in [-0.1, -0.05) is 24.9 Å². The number of aryl methyl sites for hydroxylation is 1. The Balaban J connectivity index is 1.85. The second-order valence-corrected chi connectivity index (χ2v) is 6.27. The van der Waals surface area contributed by atoms with Crippen molar-refractivity contribution in [2.75, 3.05) is 13.1 Å². The Morgan fingerprint density at radius 3 is 2.86 bits per heavy atom. The first-order chi connectivity index (χ1) is 9.93. The molecule has 5 heteroatoms. The largest absolute Gasteiger partial charge is 0.451 e. The maximum absolute atomic E-state index is 12.5. The lowest BCUT2D eigenvalue weighted by Gasteiger charge is -2.46. The summed E-state index contributed by atoms with van der Waals surface area (Å²) in [6, 6.07) is 5.31. The number of carbonyl (C=O) groups excluding carboxylic acids is 1. The summed E-state index contributed by atoms with van der Waals surface area (Å²) in [6.07, 6.45) is 1.62. The van der Waals surface area contributed by atoms with Crippen molar-refractivity contribution >= 4 is 28.5 Å². The van der Waals surface area contributed by atoms with E-state index in [0.29, 0.717) is 35.9 Å². The number of fused-ring (bicyclic) bond motifs is 1. The summed E-state index contributed by atoms with van der Waals surface area (Å²) in [5.41, 5.74) is 0.723. The van der Waals surface area contributed by atoms with E-state index in [-0.39, 0.29) is 5.91 Å². The van der Waals surface area contributed by atoms with Gasteiger partial charge in [0.1, 0.15) is 5.58 Å². The second kappa shape index (κ2) is 5.04. The summed E-state index contributed by atoms with van der Waals surface area (Å²) in [7, 11) is 0. The van der Waals surface area contributed by atoms with Gasteiger partial charge in [0.05, 0.1) is 18.7 Å². The highest BCUT2D eigenvalue weighted by Gasteiger charge is 2.44. The third-order valence-corrected chi connectivity index (χ3v) is 4.30. The second-order valence-electron chi connectivity index (χ2n) is 5.83. The van der Waals surface area contributed by atoms with Crippen molar-refractivity contribution in [3.63, 3.8) is 0 Å². The van der Waals surface area contributed by atoms with Crippen LogP contribution in [0.5, 0.6) is 0 Å². The van der Waals surface area contributed by atoms with E-state index in [1.807, 2.05) is 13.8 Å². The molecule has 0 spiro atoms. The topological polar surface area (TPSA) is 53.7 Å². The fourth-order valence-corrected chi connectivity index (χ4v) is 3.14. The lowest BCUT2D eigenvalue weighted by atomic mass is 9.89. The number of rotatable bonds is 3. The summed E-state index contributed by atoms with van der Waals surface area (Å²) in [5, 5.41) is 11.7. The van der Waals surface area contributed by atoms with Crippen LogP contribution in [0.15, 0.2) is 22.6 Å². The Bertz CT molecular complexity index is 701. The van der Waals surface area contributed by atoms with Gasteiger partial charge in [-0.15, -0.1) is 0 Å². The lowest BCUT2D eigenvalue weighted by molar-refractivity contribution is -0.0867. The minimum atomic E-state index is -0.729. The van der Waals surface area contributed by atoms with Crippen LogP contribution in [-0.2, 0) is 0 Å². The number of halogens is 1. The van der Waals surface area contributed by atoms with E-state index < -0.39 is 5.60 Å². The van der Waals surface area contributed by atoms with Crippen LogP contribution in [0.2, 0.25) is 5.02 Å². The molecule has 0 bridgehead atoms. The molecule has 0 radical (unpaired) electrons. The lowest BCUT2D eigenvalue weighted by Crippen LogP contribution is -2.63. The Labute approximate surface area is 128 Å². The predicted molar refractivity (Wildman–Crippen MR) is 81.7 cm³/mol. The van der Waals surface area contributed by atoms with Crippen molar-refractivity contribution in [3.8, 4) is 0 Å². The maximum Gasteiger partial charge on any atom is 0.290 e. The van der Waals surface area contributed by atoms with Crippen LogP contribution in [0.4, 0.5) is 0 Å². The molecule has 112 valence electrons. The molecule has 3 rings (SSSR count).